The van der Waals surface area contributed by atoms with E-state index in [0.717, 1.165) is 29.7 Å². The van der Waals surface area contributed by atoms with E-state index in [2.05, 4.69) is 127 Å². The molecule has 0 aliphatic carbocycles. The summed E-state index contributed by atoms with van der Waals surface area (Å²) in [4.78, 5) is 2.73. The molecule has 0 N–H and O–H groups in total. The normalized spacial score (nSPS) is 13.2. The van der Waals surface area contributed by atoms with Crippen LogP contribution in [0.4, 0.5) is 0 Å². The van der Waals surface area contributed by atoms with Crippen LogP contribution in [0.1, 0.15) is 24.0 Å². The summed E-state index contributed by atoms with van der Waals surface area (Å²) in [5, 5.41) is 7.76. The second-order valence-electron chi connectivity index (χ2n) is 11.5. The Morgan fingerprint density at radius 2 is 1.02 bits per heavy atom. The van der Waals surface area contributed by atoms with Gasteiger partial charge in [-0.25, -0.2) is 0 Å². The number of ether oxygens (including phenoxy) is 1. The fourth-order valence-corrected chi connectivity index (χ4v) is 7.95. The van der Waals surface area contributed by atoms with Crippen LogP contribution in [0.3, 0.4) is 0 Å². The zero-order chi connectivity index (χ0) is 28.8. The van der Waals surface area contributed by atoms with E-state index in [1.54, 1.807) is 7.11 Å². The molecule has 0 bridgehead atoms. The molecule has 8 rings (SSSR count). The molecule has 7 aromatic carbocycles. The van der Waals surface area contributed by atoms with Crippen LogP contribution in [0.15, 0.2) is 137 Å². The summed E-state index contributed by atoms with van der Waals surface area (Å²) in [6.07, 6.45) is 4.73. The van der Waals surface area contributed by atoms with Crippen LogP contribution in [-0.2, 0) is 12.8 Å². The Morgan fingerprint density at radius 1 is 0.465 bits per heavy atom. The lowest BCUT2D eigenvalue weighted by molar-refractivity contribution is 0.416. The number of methoxy groups -OCH3 is 1. The summed E-state index contributed by atoms with van der Waals surface area (Å²) in [6.45, 7) is 0. The molecular weight excluding hydrogens is 541 g/mol. The second kappa shape index (κ2) is 10.9. The largest absolute Gasteiger partial charge is 0.496 e. The highest BCUT2D eigenvalue weighted by Gasteiger charge is 2.16. The van der Waals surface area contributed by atoms with Crippen molar-refractivity contribution in [2.45, 2.75) is 35.5 Å². The van der Waals surface area contributed by atoms with Gasteiger partial charge in [-0.15, -0.1) is 0 Å². The minimum atomic E-state index is 0.898. The van der Waals surface area contributed by atoms with Gasteiger partial charge in [0.1, 0.15) is 5.75 Å². The second-order valence-corrected chi connectivity index (χ2v) is 12.6. The Balaban J connectivity index is 1.22. The van der Waals surface area contributed by atoms with Crippen LogP contribution in [0.5, 0.6) is 5.75 Å². The van der Waals surface area contributed by atoms with E-state index in [-0.39, 0.29) is 0 Å². The quantitative estimate of drug-likeness (QED) is 0.195. The summed E-state index contributed by atoms with van der Waals surface area (Å²) < 4.78 is 6.04. The third-order valence-electron chi connectivity index (χ3n) is 8.99. The Bertz CT molecular complexity index is 2120. The van der Waals surface area contributed by atoms with E-state index in [1.165, 1.54) is 77.2 Å². The Hall–Kier alpha value is -4.53. The summed E-state index contributed by atoms with van der Waals surface area (Å²) in [5.41, 5.74) is 7.58. The highest BCUT2D eigenvalue weighted by molar-refractivity contribution is 7.99. The van der Waals surface area contributed by atoms with Crippen molar-refractivity contribution in [2.75, 3.05) is 7.11 Å². The van der Waals surface area contributed by atoms with Gasteiger partial charge in [-0.05, 0) is 110 Å². The zero-order valence-corrected chi connectivity index (χ0v) is 25.1. The molecule has 1 aliphatic heterocycles. The lowest BCUT2D eigenvalue weighted by Gasteiger charge is -2.15. The fraction of sp³-hybridized carbons (Fsp3) is 0.122. The first-order valence-corrected chi connectivity index (χ1v) is 16.0. The molecule has 0 saturated heterocycles. The van der Waals surface area contributed by atoms with Crippen molar-refractivity contribution >= 4 is 44.1 Å². The van der Waals surface area contributed by atoms with E-state index in [4.69, 9.17) is 4.74 Å². The van der Waals surface area contributed by atoms with Gasteiger partial charge in [-0.2, -0.15) is 0 Å². The van der Waals surface area contributed by atoms with E-state index in [9.17, 15) is 0 Å². The van der Waals surface area contributed by atoms with Crippen molar-refractivity contribution in [1.82, 2.24) is 0 Å². The molecule has 0 unspecified atom stereocenters. The standard InChI is InChI=1S/C41H32OS/c1-42-39-25-30(29-21-23-37-35-15-6-5-13-33(35)34-14-7-8-16-36(34)38(37)24-29)20-22-32(39)31-19-18-28-12-3-2-10-27-11-4-9-17-40(27)43-41(28)26-31/h4-9,11,13-26H,2-3,10,12H2,1H3. The third kappa shape index (κ3) is 4.67. The Labute approximate surface area is 257 Å². The molecule has 1 nitrogen and oxygen atoms in total. The molecule has 0 radical (unpaired) electrons. The van der Waals surface area contributed by atoms with Crippen LogP contribution in [-0.4, -0.2) is 7.11 Å². The van der Waals surface area contributed by atoms with Gasteiger partial charge in [-0.3, -0.25) is 0 Å². The molecule has 0 aromatic heterocycles. The first-order valence-electron chi connectivity index (χ1n) is 15.2. The molecule has 0 fully saturated rings. The van der Waals surface area contributed by atoms with Gasteiger partial charge in [0, 0.05) is 15.4 Å². The van der Waals surface area contributed by atoms with E-state index in [0.29, 0.717) is 0 Å². The molecule has 7 aromatic rings. The molecular formula is C41H32OS. The van der Waals surface area contributed by atoms with Crippen molar-refractivity contribution in [1.29, 1.82) is 0 Å². The summed E-state index contributed by atoms with van der Waals surface area (Å²) >= 11 is 1.91. The maximum atomic E-state index is 6.04. The van der Waals surface area contributed by atoms with Crippen LogP contribution >= 0.6 is 11.8 Å². The summed E-state index contributed by atoms with van der Waals surface area (Å²) in [7, 11) is 1.78. The fourth-order valence-electron chi connectivity index (χ4n) is 6.78. The molecule has 0 amide bonds. The highest BCUT2D eigenvalue weighted by Crippen LogP contribution is 2.42. The van der Waals surface area contributed by atoms with Crippen molar-refractivity contribution in [3.8, 4) is 28.0 Å². The van der Waals surface area contributed by atoms with E-state index < -0.39 is 0 Å². The topological polar surface area (TPSA) is 9.23 Å². The maximum Gasteiger partial charge on any atom is 0.127 e. The third-order valence-corrected chi connectivity index (χ3v) is 10.2. The van der Waals surface area contributed by atoms with Crippen LogP contribution in [0, 0.1) is 0 Å². The molecule has 1 aliphatic rings. The maximum absolute atomic E-state index is 6.04. The Kier molecular flexibility index (Phi) is 6.65. The van der Waals surface area contributed by atoms with Gasteiger partial charge in [0.2, 0.25) is 0 Å². The average molecular weight is 573 g/mol. The number of benzene rings is 7. The molecule has 1 heterocycles. The molecule has 0 atom stereocenters. The van der Waals surface area contributed by atoms with Crippen molar-refractivity contribution in [2.24, 2.45) is 0 Å². The predicted octanol–water partition coefficient (Wildman–Crippen LogP) is 11.5. The van der Waals surface area contributed by atoms with Gasteiger partial charge in [0.05, 0.1) is 7.11 Å². The molecule has 43 heavy (non-hydrogen) atoms. The number of aryl methyl sites for hydroxylation is 2. The van der Waals surface area contributed by atoms with E-state index in [1.807, 2.05) is 11.8 Å². The van der Waals surface area contributed by atoms with Gasteiger partial charge in [0.25, 0.3) is 0 Å². The first-order chi connectivity index (χ1) is 21.3. The average Bonchev–Trinajstić information content (AvgIpc) is 3.16. The number of fused-ring (bicyclic) bond motifs is 8. The minimum absolute atomic E-state index is 0.898. The van der Waals surface area contributed by atoms with Gasteiger partial charge in [0.15, 0.2) is 0 Å². The zero-order valence-electron chi connectivity index (χ0n) is 24.3. The number of hydrogen-bond acceptors (Lipinski definition) is 2. The molecule has 0 saturated carbocycles. The molecule has 2 heteroatoms. The SMILES string of the molecule is COc1cc(-c2ccc3c4ccccc4c4ccccc4c3c2)ccc1-c1ccc2c(c1)Sc1ccccc1CCCC2. The molecule has 0 spiro atoms. The van der Waals surface area contributed by atoms with Crippen molar-refractivity contribution < 1.29 is 4.74 Å². The van der Waals surface area contributed by atoms with Gasteiger partial charge < -0.3 is 4.74 Å². The van der Waals surface area contributed by atoms with E-state index >= 15 is 0 Å². The monoisotopic (exact) mass is 572 g/mol. The number of hydrogen-bond donors (Lipinski definition) is 0. The Morgan fingerprint density at radius 3 is 1.74 bits per heavy atom. The van der Waals surface area contributed by atoms with Crippen LogP contribution in [0.2, 0.25) is 0 Å². The lowest BCUT2D eigenvalue weighted by Crippen LogP contribution is -1.93. The first kappa shape index (κ1) is 26.1. The van der Waals surface area contributed by atoms with Crippen LogP contribution in [0.25, 0.3) is 54.6 Å². The minimum Gasteiger partial charge on any atom is -0.496 e. The van der Waals surface area contributed by atoms with Gasteiger partial charge >= 0.3 is 0 Å². The molecule has 208 valence electrons. The van der Waals surface area contributed by atoms with Gasteiger partial charge in [-0.1, -0.05) is 115 Å². The van der Waals surface area contributed by atoms with Crippen molar-refractivity contribution in [3.05, 3.63) is 139 Å². The van der Waals surface area contributed by atoms with Crippen molar-refractivity contribution in [3.63, 3.8) is 0 Å². The summed E-state index contributed by atoms with van der Waals surface area (Å²) in [5.74, 6) is 0.898. The summed E-state index contributed by atoms with van der Waals surface area (Å²) in [6, 6.07) is 46.9. The van der Waals surface area contributed by atoms with Crippen LogP contribution < -0.4 is 4.74 Å². The lowest BCUT2D eigenvalue weighted by atomic mass is 9.91. The predicted molar refractivity (Wildman–Crippen MR) is 184 cm³/mol. The smallest absolute Gasteiger partial charge is 0.127 e. The number of rotatable bonds is 3. The highest BCUT2D eigenvalue weighted by atomic mass is 32.2.